The molecule has 15 aromatic carbocycles. The quantitative estimate of drug-likeness (QED) is 0.156. The monoisotopic (exact) mass is 1070 g/mol. The Kier molecular flexibility index (Phi) is 10.6. The molecule has 0 fully saturated rings. The van der Waals surface area contributed by atoms with Crippen LogP contribution >= 0.6 is 0 Å². The first-order chi connectivity index (χ1) is 41.5. The van der Waals surface area contributed by atoms with Gasteiger partial charge in [0.15, 0.2) is 0 Å². The van der Waals surface area contributed by atoms with Gasteiger partial charge in [-0.1, -0.05) is 206 Å². The fourth-order valence-corrected chi connectivity index (χ4v) is 13.7. The van der Waals surface area contributed by atoms with Crippen LogP contribution in [0.1, 0.15) is 0 Å². The van der Waals surface area contributed by atoms with Gasteiger partial charge in [0.2, 0.25) is 0 Å². The topological polar surface area (TPSA) is 44.0 Å². The molecule has 0 aliphatic rings. The number of pyridine rings is 2. The molecule has 2 aromatic heterocycles. The minimum atomic E-state index is -0.0622. The van der Waals surface area contributed by atoms with Crippen LogP contribution in [0.4, 0.5) is 0 Å². The van der Waals surface area contributed by atoms with Crippen molar-refractivity contribution in [2.24, 2.45) is 0 Å². The van der Waals surface area contributed by atoms with E-state index in [0.717, 1.165) is 121 Å². The van der Waals surface area contributed by atoms with Crippen molar-refractivity contribution in [3.8, 4) is 55.9 Å². The van der Waals surface area contributed by atoms with E-state index in [9.17, 15) is 9.59 Å². The Morgan fingerprint density at radius 1 is 0.167 bits per heavy atom. The van der Waals surface area contributed by atoms with E-state index in [1.165, 1.54) is 32.3 Å². The Hall–Kier alpha value is -11.2. The molecule has 0 amide bonds. The summed E-state index contributed by atoms with van der Waals surface area (Å²) < 4.78 is 3.75. The summed E-state index contributed by atoms with van der Waals surface area (Å²) in [5.74, 6) is 0. The minimum absolute atomic E-state index is 0.0488. The second-order valence-corrected chi connectivity index (χ2v) is 22.2. The molecule has 0 saturated heterocycles. The lowest BCUT2D eigenvalue weighted by atomic mass is 9.90. The van der Waals surface area contributed by atoms with E-state index in [2.05, 4.69) is 231 Å². The van der Waals surface area contributed by atoms with Crippen molar-refractivity contribution in [3.63, 3.8) is 0 Å². The molecular weight excluding hydrogens is 1020 g/mol. The lowest BCUT2D eigenvalue weighted by Crippen LogP contribution is -2.19. The maximum atomic E-state index is 14.9. The number of nitrogens with zero attached hydrogens (tertiary/aromatic N) is 2. The summed E-state index contributed by atoms with van der Waals surface area (Å²) >= 11 is 0. The summed E-state index contributed by atoms with van der Waals surface area (Å²) in [5, 5.41) is 19.4. The van der Waals surface area contributed by atoms with Crippen LogP contribution < -0.4 is 11.1 Å². The van der Waals surface area contributed by atoms with Gasteiger partial charge in [0.25, 0.3) is 11.1 Å². The molecule has 0 aliphatic heterocycles. The summed E-state index contributed by atoms with van der Waals surface area (Å²) in [6, 6.07) is 103. The summed E-state index contributed by atoms with van der Waals surface area (Å²) in [7, 11) is 0. The highest BCUT2D eigenvalue weighted by Crippen LogP contribution is 2.42. The van der Waals surface area contributed by atoms with Gasteiger partial charge in [0.1, 0.15) is 0 Å². The van der Waals surface area contributed by atoms with Crippen LogP contribution in [0.3, 0.4) is 0 Å². The van der Waals surface area contributed by atoms with Gasteiger partial charge in [-0.15, -0.1) is 0 Å². The second-order valence-electron chi connectivity index (χ2n) is 22.2. The number of rotatable bonds is 6. The van der Waals surface area contributed by atoms with Gasteiger partial charge >= 0.3 is 0 Å². The Labute approximate surface area is 482 Å². The number of fused-ring (bicyclic) bond motifs is 18. The standard InChI is InChI=1S/C80H48N2O2/c83-79-69-29-14-13-28-65(69)75-46-52(49-16-3-1-4-17-49)33-40-77(75)82(79)58-35-39-68-67-37-31-54(44-72(67)63-26-11-12-27-64(63)74(68)48-58)55-32-38-70-73(45-55)76-47-56(34-41-78(76)81(80(70)84)57-20-5-2-6-21-57)51-19-15-18-50(42-51)53-30-36-66-61-24-8-7-22-59(61)60-23-9-10-25-62(60)71(66)43-53/h1-48H. The largest absolute Gasteiger partial charge is 0.276 e. The van der Waals surface area contributed by atoms with Gasteiger partial charge in [-0.2, -0.15) is 0 Å². The zero-order valence-electron chi connectivity index (χ0n) is 45.4. The average molecular weight is 1070 g/mol. The van der Waals surface area contributed by atoms with E-state index >= 15 is 0 Å². The van der Waals surface area contributed by atoms with Gasteiger partial charge in [-0.05, 0) is 205 Å². The third-order valence-electron chi connectivity index (χ3n) is 17.7. The first-order valence-corrected chi connectivity index (χ1v) is 28.6. The van der Waals surface area contributed by atoms with Crippen molar-refractivity contribution in [1.82, 2.24) is 9.13 Å². The maximum absolute atomic E-state index is 14.9. The molecule has 17 aromatic rings. The predicted molar refractivity (Wildman–Crippen MR) is 354 cm³/mol. The number of aromatic nitrogens is 2. The molecule has 0 bridgehead atoms. The fraction of sp³-hybridized carbons (Fsp3) is 0. The molecule has 0 N–H and O–H groups in total. The molecule has 0 atom stereocenters. The second kappa shape index (κ2) is 18.7. The summed E-state index contributed by atoms with van der Waals surface area (Å²) in [6.45, 7) is 0. The highest BCUT2D eigenvalue weighted by Gasteiger charge is 2.19. The van der Waals surface area contributed by atoms with Crippen molar-refractivity contribution < 1.29 is 0 Å². The van der Waals surface area contributed by atoms with Crippen molar-refractivity contribution in [1.29, 1.82) is 0 Å². The first-order valence-electron chi connectivity index (χ1n) is 28.6. The van der Waals surface area contributed by atoms with Gasteiger partial charge in [-0.3, -0.25) is 18.7 Å². The number of benzene rings is 15. The molecule has 0 radical (unpaired) electrons. The highest BCUT2D eigenvalue weighted by atomic mass is 16.1. The molecule has 0 spiro atoms. The van der Waals surface area contributed by atoms with E-state index in [1.807, 2.05) is 69.8 Å². The van der Waals surface area contributed by atoms with Crippen LogP contribution in [0.5, 0.6) is 0 Å². The predicted octanol–water partition coefficient (Wildman–Crippen LogP) is 20.2. The van der Waals surface area contributed by atoms with E-state index in [0.29, 0.717) is 10.8 Å². The SMILES string of the molecule is O=c1c2ccccc2c2cc(-c3ccccc3)ccc2n1-c1ccc2c3ccc(-c4ccc5c(=O)n(-c6ccccc6)c6ccc(-c7cccc(-c8ccc9c%10ccccc%10c%10ccccc%10c9c8)c7)cc6c5c4)cc3c3ccccc3c2c1. The van der Waals surface area contributed by atoms with Gasteiger partial charge in [-0.25, -0.2) is 0 Å². The van der Waals surface area contributed by atoms with Crippen LogP contribution in [0.25, 0.3) is 164 Å². The van der Waals surface area contributed by atoms with Crippen molar-refractivity contribution in [3.05, 3.63) is 312 Å². The Bertz CT molecular complexity index is 5730. The molecule has 4 heteroatoms. The Morgan fingerprint density at radius 3 is 0.952 bits per heavy atom. The van der Waals surface area contributed by atoms with Crippen molar-refractivity contribution in [2.45, 2.75) is 0 Å². The molecule has 0 unspecified atom stereocenters. The van der Waals surface area contributed by atoms with E-state index < -0.39 is 0 Å². The molecule has 17 rings (SSSR count). The Balaban J connectivity index is 0.805. The zero-order chi connectivity index (χ0) is 55.6. The lowest BCUT2D eigenvalue weighted by molar-refractivity contribution is 1.06. The average Bonchev–Trinajstić information content (AvgIpc) is 2.26. The molecule has 4 nitrogen and oxygen atoms in total. The summed E-state index contributed by atoms with van der Waals surface area (Å²) in [4.78, 5) is 29.6. The molecule has 84 heavy (non-hydrogen) atoms. The van der Waals surface area contributed by atoms with Crippen LogP contribution in [-0.4, -0.2) is 9.13 Å². The van der Waals surface area contributed by atoms with Crippen LogP contribution in [-0.2, 0) is 0 Å². The van der Waals surface area contributed by atoms with E-state index in [4.69, 9.17) is 0 Å². The van der Waals surface area contributed by atoms with Gasteiger partial charge in [0, 0.05) is 32.9 Å². The third-order valence-corrected chi connectivity index (χ3v) is 17.7. The van der Waals surface area contributed by atoms with Crippen LogP contribution in [0.15, 0.2) is 301 Å². The van der Waals surface area contributed by atoms with Crippen LogP contribution in [0.2, 0.25) is 0 Å². The lowest BCUT2D eigenvalue weighted by Gasteiger charge is -2.17. The first kappa shape index (κ1) is 47.6. The summed E-state index contributed by atoms with van der Waals surface area (Å²) in [5.41, 5.74) is 12.0. The molecule has 0 saturated carbocycles. The molecular formula is C80H48N2O2. The van der Waals surface area contributed by atoms with Crippen LogP contribution in [0, 0.1) is 0 Å². The van der Waals surface area contributed by atoms with Gasteiger partial charge in [0.05, 0.1) is 11.0 Å². The number of hydrogen-bond acceptors (Lipinski definition) is 2. The van der Waals surface area contributed by atoms with Gasteiger partial charge < -0.3 is 0 Å². The fourth-order valence-electron chi connectivity index (χ4n) is 13.7. The maximum Gasteiger partial charge on any atom is 0.263 e. The normalized spacial score (nSPS) is 11.9. The van der Waals surface area contributed by atoms with Crippen molar-refractivity contribution >= 4 is 108 Å². The zero-order valence-corrected chi connectivity index (χ0v) is 45.4. The smallest absolute Gasteiger partial charge is 0.263 e. The highest BCUT2D eigenvalue weighted by molar-refractivity contribution is 6.27. The van der Waals surface area contributed by atoms with Crippen molar-refractivity contribution in [2.75, 3.05) is 0 Å². The molecule has 0 aliphatic carbocycles. The molecule has 2 heterocycles. The summed E-state index contributed by atoms with van der Waals surface area (Å²) in [6.07, 6.45) is 0. The number of hydrogen-bond donors (Lipinski definition) is 0. The van der Waals surface area contributed by atoms with E-state index in [-0.39, 0.29) is 11.1 Å². The van der Waals surface area contributed by atoms with E-state index in [1.54, 1.807) is 0 Å². The minimum Gasteiger partial charge on any atom is -0.276 e. The Morgan fingerprint density at radius 2 is 0.452 bits per heavy atom. The molecule has 390 valence electrons. The number of para-hydroxylation sites is 1. The third kappa shape index (κ3) is 7.34.